The first kappa shape index (κ1) is 16.1. The Morgan fingerprint density at radius 3 is 2.96 bits per heavy atom. The molecule has 1 aliphatic rings. The summed E-state index contributed by atoms with van der Waals surface area (Å²) in [6.07, 6.45) is 1.55. The van der Waals surface area contributed by atoms with Gasteiger partial charge in [0, 0.05) is 12.5 Å². The third-order valence-electron chi connectivity index (χ3n) is 3.92. The molecule has 23 heavy (non-hydrogen) atoms. The SMILES string of the molecule is CCc1ccccc1S(=O)(=O)NCc1nc(C2CCOC2)n[nH]1. The van der Waals surface area contributed by atoms with Crippen molar-refractivity contribution in [2.24, 2.45) is 0 Å². The summed E-state index contributed by atoms with van der Waals surface area (Å²) in [7, 11) is -3.57. The molecule has 0 amide bonds. The average molecular weight is 336 g/mol. The van der Waals surface area contributed by atoms with Gasteiger partial charge < -0.3 is 4.74 Å². The van der Waals surface area contributed by atoms with Crippen molar-refractivity contribution in [1.29, 1.82) is 0 Å². The lowest BCUT2D eigenvalue weighted by atomic mass is 10.1. The monoisotopic (exact) mass is 336 g/mol. The topological polar surface area (TPSA) is 97.0 Å². The molecule has 1 atom stereocenters. The molecule has 0 saturated carbocycles. The van der Waals surface area contributed by atoms with E-state index in [1.807, 2.05) is 19.1 Å². The third-order valence-corrected chi connectivity index (χ3v) is 5.42. The van der Waals surface area contributed by atoms with Gasteiger partial charge in [-0.25, -0.2) is 18.1 Å². The number of hydrogen-bond acceptors (Lipinski definition) is 5. The predicted octanol–water partition coefficient (Wildman–Crippen LogP) is 1.35. The maximum absolute atomic E-state index is 12.5. The van der Waals surface area contributed by atoms with Gasteiger partial charge in [-0.3, -0.25) is 5.10 Å². The van der Waals surface area contributed by atoms with Gasteiger partial charge >= 0.3 is 0 Å². The zero-order chi connectivity index (χ0) is 16.3. The minimum atomic E-state index is -3.57. The highest BCUT2D eigenvalue weighted by Crippen LogP contribution is 2.22. The van der Waals surface area contributed by atoms with Gasteiger partial charge in [0.15, 0.2) is 5.82 Å². The van der Waals surface area contributed by atoms with Gasteiger partial charge in [0.25, 0.3) is 0 Å². The maximum Gasteiger partial charge on any atom is 0.241 e. The molecule has 1 aromatic carbocycles. The number of nitrogens with one attached hydrogen (secondary N) is 2. The quantitative estimate of drug-likeness (QED) is 0.830. The predicted molar refractivity (Wildman–Crippen MR) is 84.4 cm³/mol. The van der Waals surface area contributed by atoms with Crippen LogP contribution in [-0.2, 0) is 27.7 Å². The van der Waals surface area contributed by atoms with Gasteiger partial charge in [0.1, 0.15) is 5.82 Å². The molecule has 2 N–H and O–H groups in total. The summed E-state index contributed by atoms with van der Waals surface area (Å²) < 4.78 is 32.8. The maximum atomic E-state index is 12.5. The van der Waals surface area contributed by atoms with Crippen molar-refractivity contribution in [3.8, 4) is 0 Å². The van der Waals surface area contributed by atoms with Gasteiger partial charge in [-0.1, -0.05) is 25.1 Å². The first-order valence-electron chi connectivity index (χ1n) is 7.66. The normalized spacial score (nSPS) is 18.4. The van der Waals surface area contributed by atoms with Gasteiger partial charge in [-0.15, -0.1) is 0 Å². The van der Waals surface area contributed by atoms with Crippen molar-refractivity contribution >= 4 is 10.0 Å². The molecular formula is C15H20N4O3S. The lowest BCUT2D eigenvalue weighted by Crippen LogP contribution is -2.24. The molecule has 2 aromatic rings. The fraction of sp³-hybridized carbons (Fsp3) is 0.467. The summed E-state index contributed by atoms with van der Waals surface area (Å²) >= 11 is 0. The molecule has 0 bridgehead atoms. The van der Waals surface area contributed by atoms with Crippen LogP contribution in [0, 0.1) is 0 Å². The van der Waals surface area contributed by atoms with Crippen LogP contribution in [0.15, 0.2) is 29.2 Å². The fourth-order valence-electron chi connectivity index (χ4n) is 2.61. The van der Waals surface area contributed by atoms with Gasteiger partial charge in [-0.2, -0.15) is 5.10 Å². The summed E-state index contributed by atoms with van der Waals surface area (Å²) in [6.45, 7) is 3.35. The van der Waals surface area contributed by atoms with Crippen LogP contribution in [0.3, 0.4) is 0 Å². The van der Waals surface area contributed by atoms with Crippen LogP contribution in [0.2, 0.25) is 0 Å². The lowest BCUT2D eigenvalue weighted by molar-refractivity contribution is 0.193. The van der Waals surface area contributed by atoms with E-state index in [0.717, 1.165) is 18.6 Å². The van der Waals surface area contributed by atoms with Crippen molar-refractivity contribution in [3.63, 3.8) is 0 Å². The molecule has 2 heterocycles. The minimum absolute atomic E-state index is 0.0843. The standard InChI is InChI=1S/C15H20N4O3S/c1-2-11-5-3-4-6-13(11)23(20,21)16-9-14-17-15(19-18-14)12-7-8-22-10-12/h3-6,12,16H,2,7-10H2,1H3,(H,17,18,19). The fourth-order valence-corrected chi connectivity index (χ4v) is 3.91. The molecule has 0 spiro atoms. The molecule has 0 aliphatic carbocycles. The van der Waals surface area contributed by atoms with E-state index < -0.39 is 10.0 Å². The Balaban J connectivity index is 1.69. The summed E-state index contributed by atoms with van der Waals surface area (Å²) in [5.74, 6) is 1.38. The zero-order valence-corrected chi connectivity index (χ0v) is 13.8. The Morgan fingerprint density at radius 2 is 2.22 bits per heavy atom. The van der Waals surface area contributed by atoms with Crippen molar-refractivity contribution in [3.05, 3.63) is 41.5 Å². The molecule has 0 radical (unpaired) electrons. The number of rotatable bonds is 6. The number of nitrogens with zero attached hydrogens (tertiary/aromatic N) is 2. The Labute approximate surface area is 135 Å². The van der Waals surface area contributed by atoms with Crippen LogP contribution in [0.5, 0.6) is 0 Å². The van der Waals surface area contributed by atoms with E-state index in [0.29, 0.717) is 29.6 Å². The molecule has 1 saturated heterocycles. The number of benzene rings is 1. The van der Waals surface area contributed by atoms with E-state index in [1.165, 1.54) is 0 Å². The Morgan fingerprint density at radius 1 is 1.39 bits per heavy atom. The van der Waals surface area contributed by atoms with E-state index >= 15 is 0 Å². The number of hydrogen-bond donors (Lipinski definition) is 2. The van der Waals surface area contributed by atoms with Crippen LogP contribution in [-0.4, -0.2) is 36.8 Å². The number of aryl methyl sites for hydroxylation is 1. The van der Waals surface area contributed by atoms with Crippen molar-refractivity contribution in [2.45, 2.75) is 37.1 Å². The molecule has 7 nitrogen and oxygen atoms in total. The summed E-state index contributed by atoms with van der Waals surface area (Å²) in [5, 5.41) is 6.95. The van der Waals surface area contributed by atoms with Crippen molar-refractivity contribution < 1.29 is 13.2 Å². The summed E-state index contributed by atoms with van der Waals surface area (Å²) in [6, 6.07) is 6.99. The number of aromatic nitrogens is 3. The molecule has 8 heteroatoms. The first-order chi connectivity index (χ1) is 11.1. The average Bonchev–Trinajstić information content (AvgIpc) is 3.24. The molecule has 3 rings (SSSR count). The Hall–Kier alpha value is -1.77. The number of ether oxygens (including phenoxy) is 1. The van der Waals surface area contributed by atoms with Crippen molar-refractivity contribution in [2.75, 3.05) is 13.2 Å². The van der Waals surface area contributed by atoms with E-state index in [2.05, 4.69) is 19.9 Å². The largest absolute Gasteiger partial charge is 0.381 e. The Bertz CT molecular complexity index is 767. The smallest absolute Gasteiger partial charge is 0.241 e. The van der Waals surface area contributed by atoms with Crippen LogP contribution in [0.25, 0.3) is 0 Å². The van der Waals surface area contributed by atoms with Gasteiger partial charge in [0.05, 0.1) is 18.0 Å². The van der Waals surface area contributed by atoms with E-state index in [1.54, 1.807) is 12.1 Å². The molecular weight excluding hydrogens is 316 g/mol. The second-order valence-electron chi connectivity index (χ2n) is 5.49. The highest BCUT2D eigenvalue weighted by molar-refractivity contribution is 7.89. The second kappa shape index (κ2) is 6.77. The number of H-pyrrole nitrogens is 1. The van der Waals surface area contributed by atoms with Gasteiger partial charge in [0.2, 0.25) is 10.0 Å². The van der Waals surface area contributed by atoms with E-state index in [9.17, 15) is 8.42 Å². The van der Waals surface area contributed by atoms with E-state index in [4.69, 9.17) is 4.74 Å². The van der Waals surface area contributed by atoms with Crippen LogP contribution in [0.4, 0.5) is 0 Å². The molecule has 1 aliphatic heterocycles. The molecule has 124 valence electrons. The second-order valence-corrected chi connectivity index (χ2v) is 7.22. The number of aromatic amines is 1. The lowest BCUT2D eigenvalue weighted by Gasteiger charge is -2.09. The minimum Gasteiger partial charge on any atom is -0.381 e. The molecule has 1 unspecified atom stereocenters. The van der Waals surface area contributed by atoms with Crippen LogP contribution < -0.4 is 4.72 Å². The zero-order valence-electron chi connectivity index (χ0n) is 12.9. The first-order valence-corrected chi connectivity index (χ1v) is 9.15. The Kier molecular flexibility index (Phi) is 4.74. The summed E-state index contributed by atoms with van der Waals surface area (Å²) in [4.78, 5) is 4.67. The third kappa shape index (κ3) is 3.60. The highest BCUT2D eigenvalue weighted by atomic mass is 32.2. The summed E-state index contributed by atoms with van der Waals surface area (Å²) in [5.41, 5.74) is 0.793. The molecule has 1 fully saturated rings. The van der Waals surface area contributed by atoms with Crippen LogP contribution >= 0.6 is 0 Å². The van der Waals surface area contributed by atoms with Crippen LogP contribution in [0.1, 0.15) is 36.5 Å². The molecule has 1 aromatic heterocycles. The number of sulfonamides is 1. The highest BCUT2D eigenvalue weighted by Gasteiger charge is 2.23. The van der Waals surface area contributed by atoms with E-state index in [-0.39, 0.29) is 12.5 Å². The van der Waals surface area contributed by atoms with Crippen molar-refractivity contribution in [1.82, 2.24) is 19.9 Å². The van der Waals surface area contributed by atoms with Gasteiger partial charge in [-0.05, 0) is 24.5 Å².